The molecule has 0 amide bonds. The van der Waals surface area contributed by atoms with E-state index in [2.05, 4.69) is 27.8 Å². The first-order valence-corrected chi connectivity index (χ1v) is 6.52. The lowest BCUT2D eigenvalue weighted by Gasteiger charge is -2.07. The smallest absolute Gasteiger partial charge is 0.170 e. The maximum atomic E-state index is 13.4. The topological polar surface area (TPSA) is 55.6 Å². The summed E-state index contributed by atoms with van der Waals surface area (Å²) in [6.07, 6.45) is 1.01. The summed E-state index contributed by atoms with van der Waals surface area (Å²) in [6, 6.07) is 2.87. The molecule has 0 spiro atoms. The minimum atomic E-state index is -0.647. The molecule has 0 atom stereocenters. The summed E-state index contributed by atoms with van der Waals surface area (Å²) in [5.41, 5.74) is 0.523. The normalized spacial score (nSPS) is 10.9. The zero-order valence-electron chi connectivity index (χ0n) is 10.2. The molecule has 1 heterocycles. The van der Waals surface area contributed by atoms with Gasteiger partial charge in [-0.05, 0) is 35.5 Å². The Morgan fingerprint density at radius 2 is 2.00 bits per heavy atom. The highest BCUT2D eigenvalue weighted by atomic mass is 35.5. The van der Waals surface area contributed by atoms with E-state index in [1.54, 1.807) is 0 Å². The minimum Gasteiger partial charge on any atom is -0.310 e. The summed E-state index contributed by atoms with van der Waals surface area (Å²) in [4.78, 5) is 0. The van der Waals surface area contributed by atoms with Crippen LogP contribution in [0.15, 0.2) is 12.1 Å². The second kappa shape index (κ2) is 6.27. The summed E-state index contributed by atoms with van der Waals surface area (Å²) in [7, 11) is 0. The Bertz CT molecular complexity index is 549. The summed E-state index contributed by atoms with van der Waals surface area (Å²) >= 11 is 11.5. The largest absolute Gasteiger partial charge is 0.310 e. The molecule has 2 rings (SSSR count). The van der Waals surface area contributed by atoms with E-state index in [1.807, 2.05) is 0 Å². The molecule has 0 bridgehead atoms. The molecule has 0 aliphatic rings. The van der Waals surface area contributed by atoms with Gasteiger partial charge in [0.2, 0.25) is 0 Å². The zero-order chi connectivity index (χ0) is 13.8. The van der Waals surface area contributed by atoms with Gasteiger partial charge in [0.05, 0.1) is 22.3 Å². The van der Waals surface area contributed by atoms with Crippen molar-refractivity contribution in [1.29, 1.82) is 0 Å². The Hall–Kier alpha value is -1.24. The fraction of sp³-hybridized carbons (Fsp3) is 0.364. The van der Waals surface area contributed by atoms with E-state index >= 15 is 0 Å². The van der Waals surface area contributed by atoms with E-state index in [0.717, 1.165) is 13.0 Å². The Balaban J connectivity index is 2.29. The Labute approximate surface area is 119 Å². The van der Waals surface area contributed by atoms with Crippen LogP contribution in [-0.2, 0) is 6.54 Å². The van der Waals surface area contributed by atoms with Crippen molar-refractivity contribution < 1.29 is 4.39 Å². The summed E-state index contributed by atoms with van der Waals surface area (Å²) < 4.78 is 14.8. The van der Waals surface area contributed by atoms with Crippen molar-refractivity contribution >= 4 is 23.2 Å². The quantitative estimate of drug-likeness (QED) is 0.681. The minimum absolute atomic E-state index is 0.0644. The van der Waals surface area contributed by atoms with E-state index < -0.39 is 5.82 Å². The van der Waals surface area contributed by atoms with Crippen LogP contribution in [0.25, 0.3) is 5.69 Å². The first kappa shape index (κ1) is 14.2. The maximum absolute atomic E-state index is 13.4. The van der Waals surface area contributed by atoms with Gasteiger partial charge in [0.1, 0.15) is 0 Å². The van der Waals surface area contributed by atoms with Crippen molar-refractivity contribution in [2.75, 3.05) is 6.54 Å². The number of hydrogen-bond donors (Lipinski definition) is 1. The van der Waals surface area contributed by atoms with Crippen LogP contribution in [0.2, 0.25) is 10.0 Å². The predicted octanol–water partition coefficient (Wildman–Crippen LogP) is 2.61. The Morgan fingerprint density at radius 1 is 1.32 bits per heavy atom. The van der Waals surface area contributed by atoms with Crippen molar-refractivity contribution in [2.45, 2.75) is 19.9 Å². The fourth-order valence-corrected chi connectivity index (χ4v) is 2.03. The average molecular weight is 304 g/mol. The molecule has 0 aliphatic heterocycles. The molecule has 1 N–H and O–H groups in total. The molecule has 0 unspecified atom stereocenters. The second-order valence-corrected chi connectivity index (χ2v) is 4.72. The Morgan fingerprint density at radius 3 is 2.63 bits per heavy atom. The monoisotopic (exact) mass is 303 g/mol. The molecule has 0 saturated carbocycles. The highest BCUT2D eigenvalue weighted by molar-refractivity contribution is 6.35. The number of halogens is 3. The van der Waals surface area contributed by atoms with Crippen LogP contribution in [0.4, 0.5) is 4.39 Å². The molecule has 19 heavy (non-hydrogen) atoms. The van der Waals surface area contributed by atoms with Gasteiger partial charge in [-0.1, -0.05) is 30.1 Å². The first-order chi connectivity index (χ1) is 9.13. The number of nitrogens with one attached hydrogen (secondary N) is 1. The van der Waals surface area contributed by atoms with Crippen LogP contribution in [0.5, 0.6) is 0 Å². The standard InChI is InChI=1S/C11H12Cl2FN5/c1-2-3-15-6-10-16-17-18-19(10)7-4-8(12)11(14)9(13)5-7/h4-5,15H,2-3,6H2,1H3. The molecule has 0 fully saturated rings. The molecule has 0 radical (unpaired) electrons. The summed E-state index contributed by atoms with van der Waals surface area (Å²) in [5.74, 6) is -0.0435. The van der Waals surface area contributed by atoms with Gasteiger partial charge in [0.25, 0.3) is 0 Å². The van der Waals surface area contributed by atoms with E-state index in [0.29, 0.717) is 18.1 Å². The van der Waals surface area contributed by atoms with Gasteiger partial charge in [0, 0.05) is 0 Å². The van der Waals surface area contributed by atoms with Crippen molar-refractivity contribution in [3.63, 3.8) is 0 Å². The molecule has 0 aliphatic carbocycles. The molecular formula is C11H12Cl2FN5. The van der Waals surface area contributed by atoms with Gasteiger partial charge in [-0.25, -0.2) is 4.39 Å². The molecule has 1 aromatic carbocycles. The van der Waals surface area contributed by atoms with E-state index in [9.17, 15) is 4.39 Å². The molecule has 102 valence electrons. The van der Waals surface area contributed by atoms with Gasteiger partial charge in [-0.15, -0.1) is 5.10 Å². The first-order valence-electron chi connectivity index (χ1n) is 5.76. The van der Waals surface area contributed by atoms with E-state index in [1.165, 1.54) is 16.8 Å². The lowest BCUT2D eigenvalue weighted by atomic mass is 10.3. The molecular weight excluding hydrogens is 292 g/mol. The number of tetrazole rings is 1. The Kier molecular flexibility index (Phi) is 4.68. The summed E-state index contributed by atoms with van der Waals surface area (Å²) in [5, 5.41) is 14.4. The van der Waals surface area contributed by atoms with Gasteiger partial charge in [-0.3, -0.25) is 0 Å². The van der Waals surface area contributed by atoms with Crippen LogP contribution in [0, 0.1) is 5.82 Å². The number of rotatable bonds is 5. The fourth-order valence-electron chi connectivity index (χ4n) is 1.56. The lowest BCUT2D eigenvalue weighted by Crippen LogP contribution is -2.17. The number of hydrogen-bond acceptors (Lipinski definition) is 4. The van der Waals surface area contributed by atoms with Crippen LogP contribution in [-0.4, -0.2) is 26.8 Å². The molecule has 1 aromatic heterocycles. The van der Waals surface area contributed by atoms with E-state index in [4.69, 9.17) is 23.2 Å². The van der Waals surface area contributed by atoms with Crippen molar-refractivity contribution in [3.8, 4) is 5.69 Å². The third-order valence-electron chi connectivity index (χ3n) is 2.46. The predicted molar refractivity (Wildman–Crippen MR) is 71.1 cm³/mol. The molecule has 2 aromatic rings. The van der Waals surface area contributed by atoms with Crippen LogP contribution < -0.4 is 5.32 Å². The number of nitrogens with zero attached hydrogens (tertiary/aromatic N) is 4. The average Bonchev–Trinajstić information content (AvgIpc) is 2.84. The second-order valence-electron chi connectivity index (χ2n) is 3.91. The highest BCUT2D eigenvalue weighted by Crippen LogP contribution is 2.26. The molecule has 8 heteroatoms. The SMILES string of the molecule is CCCNCc1nnnn1-c1cc(Cl)c(F)c(Cl)c1. The van der Waals surface area contributed by atoms with E-state index in [-0.39, 0.29) is 10.0 Å². The van der Waals surface area contributed by atoms with Crippen molar-refractivity contribution in [3.05, 3.63) is 33.8 Å². The van der Waals surface area contributed by atoms with Crippen LogP contribution >= 0.6 is 23.2 Å². The lowest BCUT2D eigenvalue weighted by molar-refractivity contribution is 0.622. The molecule has 5 nitrogen and oxygen atoms in total. The highest BCUT2D eigenvalue weighted by Gasteiger charge is 2.13. The molecule has 0 saturated heterocycles. The number of aromatic nitrogens is 4. The van der Waals surface area contributed by atoms with Crippen LogP contribution in [0.3, 0.4) is 0 Å². The van der Waals surface area contributed by atoms with Gasteiger partial charge >= 0.3 is 0 Å². The van der Waals surface area contributed by atoms with Crippen molar-refractivity contribution in [1.82, 2.24) is 25.5 Å². The summed E-state index contributed by atoms with van der Waals surface area (Å²) in [6.45, 7) is 3.43. The van der Waals surface area contributed by atoms with Gasteiger partial charge in [0.15, 0.2) is 11.6 Å². The van der Waals surface area contributed by atoms with Crippen LogP contribution in [0.1, 0.15) is 19.2 Å². The third-order valence-corrected chi connectivity index (χ3v) is 3.01. The van der Waals surface area contributed by atoms with Crippen molar-refractivity contribution in [2.24, 2.45) is 0 Å². The maximum Gasteiger partial charge on any atom is 0.170 e. The third kappa shape index (κ3) is 3.20. The zero-order valence-corrected chi connectivity index (χ0v) is 11.7. The number of benzene rings is 1. The van der Waals surface area contributed by atoms with Gasteiger partial charge in [-0.2, -0.15) is 4.68 Å². The van der Waals surface area contributed by atoms with Gasteiger partial charge < -0.3 is 5.32 Å².